The van der Waals surface area contributed by atoms with Crippen LogP contribution in [0.25, 0.3) is 0 Å². The molecule has 0 aromatic heterocycles. The topological polar surface area (TPSA) is 9.23 Å². The molecule has 144 valence electrons. The SMILES string of the molecule is CCCCCCCCCCCCSCCCCOc1cccc(F)c1. The second-order valence-electron chi connectivity index (χ2n) is 6.81. The van der Waals surface area contributed by atoms with Crippen LogP contribution < -0.4 is 4.74 Å². The molecule has 0 radical (unpaired) electrons. The summed E-state index contributed by atoms with van der Waals surface area (Å²) in [5.74, 6) is 2.91. The van der Waals surface area contributed by atoms with Crippen LogP contribution in [0.4, 0.5) is 4.39 Å². The van der Waals surface area contributed by atoms with Gasteiger partial charge in [0, 0.05) is 6.07 Å². The number of thioether (sulfide) groups is 1. The molecule has 0 heterocycles. The van der Waals surface area contributed by atoms with E-state index in [1.807, 2.05) is 6.07 Å². The highest BCUT2D eigenvalue weighted by Gasteiger charge is 1.97. The summed E-state index contributed by atoms with van der Waals surface area (Å²) < 4.78 is 18.5. The summed E-state index contributed by atoms with van der Waals surface area (Å²) >= 11 is 2.06. The van der Waals surface area contributed by atoms with E-state index in [1.165, 1.54) is 94.3 Å². The fourth-order valence-electron chi connectivity index (χ4n) is 2.85. The summed E-state index contributed by atoms with van der Waals surface area (Å²) in [5.41, 5.74) is 0. The molecule has 0 amide bonds. The Balaban J connectivity index is 1.75. The van der Waals surface area contributed by atoms with Gasteiger partial charge >= 0.3 is 0 Å². The summed E-state index contributed by atoms with van der Waals surface area (Å²) in [6, 6.07) is 6.38. The van der Waals surface area contributed by atoms with E-state index in [-0.39, 0.29) is 5.82 Å². The monoisotopic (exact) mass is 368 g/mol. The number of halogens is 1. The van der Waals surface area contributed by atoms with Crippen molar-refractivity contribution in [3.05, 3.63) is 30.1 Å². The summed E-state index contributed by atoms with van der Waals surface area (Å²) in [6.07, 6.45) is 16.3. The van der Waals surface area contributed by atoms with Crippen molar-refractivity contribution in [2.75, 3.05) is 18.1 Å². The van der Waals surface area contributed by atoms with E-state index in [2.05, 4.69) is 18.7 Å². The van der Waals surface area contributed by atoms with Gasteiger partial charge in [0.05, 0.1) is 6.61 Å². The molecular formula is C22H37FOS. The van der Waals surface area contributed by atoms with Crippen LogP contribution in [0, 0.1) is 5.82 Å². The minimum Gasteiger partial charge on any atom is -0.493 e. The van der Waals surface area contributed by atoms with Crippen LogP contribution in [0.15, 0.2) is 24.3 Å². The van der Waals surface area contributed by atoms with E-state index >= 15 is 0 Å². The molecule has 1 rings (SSSR count). The van der Waals surface area contributed by atoms with Crippen molar-refractivity contribution in [3.63, 3.8) is 0 Å². The number of rotatable bonds is 17. The first kappa shape index (κ1) is 22.3. The molecule has 0 aliphatic carbocycles. The van der Waals surface area contributed by atoms with Crippen molar-refractivity contribution in [1.82, 2.24) is 0 Å². The molecule has 0 atom stereocenters. The maximum Gasteiger partial charge on any atom is 0.126 e. The molecule has 1 aromatic carbocycles. The number of hydrogen-bond donors (Lipinski definition) is 0. The molecule has 25 heavy (non-hydrogen) atoms. The molecule has 0 aliphatic heterocycles. The molecule has 0 N–H and O–H groups in total. The Morgan fingerprint density at radius 2 is 1.40 bits per heavy atom. The quantitative estimate of drug-likeness (QED) is 0.261. The Morgan fingerprint density at radius 3 is 2.04 bits per heavy atom. The average Bonchev–Trinajstić information content (AvgIpc) is 2.61. The molecule has 1 nitrogen and oxygen atoms in total. The smallest absolute Gasteiger partial charge is 0.126 e. The minimum atomic E-state index is -0.232. The van der Waals surface area contributed by atoms with Crippen molar-refractivity contribution in [2.24, 2.45) is 0 Å². The Bertz CT molecular complexity index is 411. The summed E-state index contributed by atoms with van der Waals surface area (Å²) in [4.78, 5) is 0. The van der Waals surface area contributed by atoms with Gasteiger partial charge < -0.3 is 4.74 Å². The highest BCUT2D eigenvalue weighted by atomic mass is 32.2. The predicted molar refractivity (Wildman–Crippen MR) is 110 cm³/mol. The fraction of sp³-hybridized carbons (Fsp3) is 0.727. The number of ether oxygens (including phenoxy) is 1. The summed E-state index contributed by atoms with van der Waals surface area (Å²) in [6.45, 7) is 2.96. The van der Waals surface area contributed by atoms with Gasteiger partial charge in [-0.1, -0.05) is 70.8 Å². The Labute approximate surface area is 159 Å². The first-order valence-electron chi connectivity index (χ1n) is 10.3. The molecule has 0 saturated carbocycles. The lowest BCUT2D eigenvalue weighted by Gasteiger charge is -2.06. The van der Waals surface area contributed by atoms with Crippen LogP contribution in [0.3, 0.4) is 0 Å². The standard InChI is InChI=1S/C22H37FOS/c1-2-3-4-5-6-7-8-9-10-12-18-25-19-13-11-17-24-22-16-14-15-21(23)20-22/h14-16,20H,2-13,17-19H2,1H3. The molecular weight excluding hydrogens is 331 g/mol. The highest BCUT2D eigenvalue weighted by molar-refractivity contribution is 7.99. The third kappa shape index (κ3) is 14.2. The third-order valence-electron chi connectivity index (χ3n) is 4.39. The third-order valence-corrected chi connectivity index (χ3v) is 5.54. The van der Waals surface area contributed by atoms with Gasteiger partial charge in [0.2, 0.25) is 0 Å². The van der Waals surface area contributed by atoms with Crippen molar-refractivity contribution < 1.29 is 9.13 Å². The van der Waals surface area contributed by atoms with Gasteiger partial charge in [0.25, 0.3) is 0 Å². The molecule has 0 bridgehead atoms. The zero-order valence-electron chi connectivity index (χ0n) is 16.1. The first-order chi connectivity index (χ1) is 12.3. The zero-order chi connectivity index (χ0) is 18.0. The Kier molecular flexibility index (Phi) is 15.0. The fourth-order valence-corrected chi connectivity index (χ4v) is 3.87. The van der Waals surface area contributed by atoms with Crippen LogP contribution in [0.5, 0.6) is 5.75 Å². The second kappa shape index (κ2) is 16.8. The molecule has 0 saturated heterocycles. The molecule has 0 fully saturated rings. The largest absolute Gasteiger partial charge is 0.493 e. The van der Waals surface area contributed by atoms with E-state index in [1.54, 1.807) is 6.07 Å². The summed E-state index contributed by atoms with van der Waals surface area (Å²) in [7, 11) is 0. The van der Waals surface area contributed by atoms with Gasteiger partial charge in [-0.05, 0) is 42.9 Å². The van der Waals surface area contributed by atoms with Gasteiger partial charge in [0.1, 0.15) is 11.6 Å². The summed E-state index contributed by atoms with van der Waals surface area (Å²) in [5, 5.41) is 0. The number of unbranched alkanes of at least 4 members (excludes halogenated alkanes) is 10. The first-order valence-corrected chi connectivity index (χ1v) is 11.4. The second-order valence-corrected chi connectivity index (χ2v) is 8.03. The molecule has 0 spiro atoms. The van der Waals surface area contributed by atoms with Crippen LogP contribution in [-0.4, -0.2) is 18.1 Å². The van der Waals surface area contributed by atoms with E-state index in [0.29, 0.717) is 12.4 Å². The Morgan fingerprint density at radius 1 is 0.800 bits per heavy atom. The van der Waals surface area contributed by atoms with E-state index in [0.717, 1.165) is 6.42 Å². The van der Waals surface area contributed by atoms with E-state index in [4.69, 9.17) is 4.74 Å². The van der Waals surface area contributed by atoms with Crippen molar-refractivity contribution >= 4 is 11.8 Å². The molecule has 0 unspecified atom stereocenters. The molecule has 0 aliphatic rings. The number of benzene rings is 1. The van der Waals surface area contributed by atoms with Gasteiger partial charge in [-0.3, -0.25) is 0 Å². The number of hydrogen-bond acceptors (Lipinski definition) is 2. The van der Waals surface area contributed by atoms with Crippen LogP contribution in [0.1, 0.15) is 84.0 Å². The predicted octanol–water partition coefficient (Wildman–Crippen LogP) is 7.64. The van der Waals surface area contributed by atoms with Crippen molar-refractivity contribution in [3.8, 4) is 5.75 Å². The molecule has 1 aromatic rings. The van der Waals surface area contributed by atoms with Crippen LogP contribution in [0.2, 0.25) is 0 Å². The minimum absolute atomic E-state index is 0.232. The maximum absolute atomic E-state index is 13.0. The highest BCUT2D eigenvalue weighted by Crippen LogP contribution is 2.14. The average molecular weight is 369 g/mol. The Hall–Kier alpha value is -0.700. The lowest BCUT2D eigenvalue weighted by molar-refractivity contribution is 0.308. The van der Waals surface area contributed by atoms with Crippen LogP contribution in [-0.2, 0) is 0 Å². The molecule has 3 heteroatoms. The lowest BCUT2D eigenvalue weighted by Crippen LogP contribution is -1.98. The zero-order valence-corrected chi connectivity index (χ0v) is 16.9. The van der Waals surface area contributed by atoms with Crippen molar-refractivity contribution in [1.29, 1.82) is 0 Å². The van der Waals surface area contributed by atoms with E-state index < -0.39 is 0 Å². The normalized spacial score (nSPS) is 11.0. The van der Waals surface area contributed by atoms with Crippen LogP contribution >= 0.6 is 11.8 Å². The lowest BCUT2D eigenvalue weighted by atomic mass is 10.1. The van der Waals surface area contributed by atoms with Gasteiger partial charge in [-0.25, -0.2) is 4.39 Å². The van der Waals surface area contributed by atoms with Gasteiger partial charge in [-0.2, -0.15) is 11.8 Å². The van der Waals surface area contributed by atoms with Crippen molar-refractivity contribution in [2.45, 2.75) is 84.0 Å². The van der Waals surface area contributed by atoms with E-state index in [9.17, 15) is 4.39 Å². The van der Waals surface area contributed by atoms with Gasteiger partial charge in [0.15, 0.2) is 0 Å². The maximum atomic E-state index is 13.0. The van der Waals surface area contributed by atoms with Gasteiger partial charge in [-0.15, -0.1) is 0 Å².